The second-order valence-electron chi connectivity index (χ2n) is 6.61. The quantitative estimate of drug-likeness (QED) is 0.445. The highest BCUT2D eigenvalue weighted by atomic mass is 35.5. The largest absolute Gasteiger partial charge is 0.331 e. The maximum atomic E-state index is 6.09. The van der Waals surface area contributed by atoms with E-state index in [4.69, 9.17) is 23.8 Å². The summed E-state index contributed by atoms with van der Waals surface area (Å²) < 4.78 is 0. The minimum atomic E-state index is 0.147. The van der Waals surface area contributed by atoms with Crippen LogP contribution in [0.4, 0.5) is 5.69 Å². The zero-order valence-electron chi connectivity index (χ0n) is 14.4. The van der Waals surface area contributed by atoms with Crippen molar-refractivity contribution in [3.05, 3.63) is 64.2 Å². The third-order valence-corrected chi connectivity index (χ3v) is 4.28. The van der Waals surface area contributed by atoms with Gasteiger partial charge in [-0.2, -0.15) is 5.10 Å². The zero-order valence-corrected chi connectivity index (χ0v) is 15.9. The Kier molecular flexibility index (Phi) is 5.97. The summed E-state index contributed by atoms with van der Waals surface area (Å²) in [7, 11) is 0. The zero-order chi connectivity index (χ0) is 17.7. The lowest BCUT2D eigenvalue weighted by Crippen LogP contribution is -2.24. The van der Waals surface area contributed by atoms with Crippen LogP contribution in [0, 0.1) is 6.92 Å². The predicted octanol–water partition coefficient (Wildman–Crippen LogP) is 5.27. The van der Waals surface area contributed by atoms with Crippen molar-refractivity contribution in [2.75, 3.05) is 5.32 Å². The average molecular weight is 360 g/mol. The molecule has 2 aromatic rings. The van der Waals surface area contributed by atoms with Crippen molar-refractivity contribution in [2.24, 2.45) is 5.10 Å². The van der Waals surface area contributed by atoms with Crippen molar-refractivity contribution in [1.82, 2.24) is 5.43 Å². The Bertz CT molecular complexity index is 746. The van der Waals surface area contributed by atoms with E-state index in [9.17, 15) is 0 Å². The first-order chi connectivity index (χ1) is 11.3. The van der Waals surface area contributed by atoms with E-state index in [-0.39, 0.29) is 5.41 Å². The molecule has 3 nitrogen and oxygen atoms in total. The van der Waals surface area contributed by atoms with Gasteiger partial charge in [-0.25, -0.2) is 0 Å². The number of halogens is 1. The fourth-order valence-corrected chi connectivity index (χ4v) is 2.46. The molecule has 0 radical (unpaired) electrons. The number of benzene rings is 2. The Balaban J connectivity index is 1.94. The lowest BCUT2D eigenvalue weighted by Gasteiger charge is -2.18. The van der Waals surface area contributed by atoms with E-state index in [0.717, 1.165) is 16.8 Å². The van der Waals surface area contributed by atoms with Gasteiger partial charge in [0.2, 0.25) is 0 Å². The number of nitrogens with zero attached hydrogens (tertiary/aromatic N) is 1. The summed E-state index contributed by atoms with van der Waals surface area (Å²) in [6.45, 7) is 8.52. The van der Waals surface area contributed by atoms with Crippen LogP contribution >= 0.6 is 23.8 Å². The molecule has 0 heterocycles. The van der Waals surface area contributed by atoms with Crippen molar-refractivity contribution >= 4 is 40.8 Å². The van der Waals surface area contributed by atoms with Gasteiger partial charge in [0.05, 0.1) is 6.21 Å². The van der Waals surface area contributed by atoms with Gasteiger partial charge in [-0.15, -0.1) is 0 Å². The molecule has 0 atom stereocenters. The number of hydrogen-bond donors (Lipinski definition) is 2. The van der Waals surface area contributed by atoms with Crippen molar-refractivity contribution < 1.29 is 0 Å². The minimum absolute atomic E-state index is 0.147. The highest BCUT2D eigenvalue weighted by molar-refractivity contribution is 7.80. The van der Waals surface area contributed by atoms with Gasteiger partial charge in [-0.1, -0.05) is 62.7 Å². The maximum Gasteiger partial charge on any atom is 0.191 e. The van der Waals surface area contributed by atoms with Gasteiger partial charge in [-0.3, -0.25) is 5.43 Å². The molecule has 2 N–H and O–H groups in total. The van der Waals surface area contributed by atoms with Gasteiger partial charge in [0.15, 0.2) is 5.11 Å². The third kappa shape index (κ3) is 5.05. The lowest BCUT2D eigenvalue weighted by molar-refractivity contribution is 0.590. The molecule has 0 spiro atoms. The van der Waals surface area contributed by atoms with Gasteiger partial charge in [-0.05, 0) is 53.4 Å². The fourth-order valence-electron chi connectivity index (χ4n) is 2.13. The lowest BCUT2D eigenvalue weighted by atomic mass is 9.87. The first kappa shape index (κ1) is 18.4. The molecule has 2 rings (SSSR count). The molecule has 0 amide bonds. The van der Waals surface area contributed by atoms with Crippen molar-refractivity contribution in [1.29, 1.82) is 0 Å². The van der Waals surface area contributed by atoms with Crippen molar-refractivity contribution in [2.45, 2.75) is 33.1 Å². The summed E-state index contributed by atoms with van der Waals surface area (Å²) in [5.41, 5.74) is 7.08. The second kappa shape index (κ2) is 7.77. The smallest absolute Gasteiger partial charge is 0.191 e. The van der Waals surface area contributed by atoms with E-state index in [1.807, 2.05) is 37.3 Å². The number of thiocarbonyl (C=S) groups is 1. The normalized spacial score (nSPS) is 11.5. The molecule has 0 bridgehead atoms. The highest BCUT2D eigenvalue weighted by Gasteiger charge is 2.12. The molecule has 0 fully saturated rings. The standard InChI is InChI=1S/C19H22ClN3S/c1-13-16(20)6-5-7-17(13)22-18(24)23-21-12-14-8-10-15(11-9-14)19(2,3)4/h5-12H,1-4H3,(H2,22,23,24)/b21-12+. The third-order valence-electron chi connectivity index (χ3n) is 3.67. The maximum absolute atomic E-state index is 6.09. The molecule has 126 valence electrons. The van der Waals surface area contributed by atoms with Crippen LogP contribution in [-0.4, -0.2) is 11.3 Å². The summed E-state index contributed by atoms with van der Waals surface area (Å²) in [6.07, 6.45) is 1.74. The topological polar surface area (TPSA) is 36.4 Å². The average Bonchev–Trinajstić information content (AvgIpc) is 2.51. The Morgan fingerprint density at radius 3 is 2.42 bits per heavy atom. The molecule has 5 heteroatoms. The Morgan fingerprint density at radius 2 is 1.79 bits per heavy atom. The highest BCUT2D eigenvalue weighted by Crippen LogP contribution is 2.23. The summed E-state index contributed by atoms with van der Waals surface area (Å²) in [5, 5.41) is 8.38. The summed E-state index contributed by atoms with van der Waals surface area (Å²) in [6, 6.07) is 14.0. The minimum Gasteiger partial charge on any atom is -0.331 e. The molecular formula is C19H22ClN3S. The molecule has 0 aromatic heterocycles. The van der Waals surface area contributed by atoms with Gasteiger partial charge in [0.1, 0.15) is 0 Å². The van der Waals surface area contributed by atoms with E-state index in [1.54, 1.807) is 6.21 Å². The molecule has 0 saturated carbocycles. The van der Waals surface area contributed by atoms with Gasteiger partial charge < -0.3 is 5.32 Å². The van der Waals surface area contributed by atoms with Gasteiger partial charge in [0.25, 0.3) is 0 Å². The van der Waals surface area contributed by atoms with Crippen LogP contribution in [0.3, 0.4) is 0 Å². The second-order valence-corrected chi connectivity index (χ2v) is 7.42. The van der Waals surface area contributed by atoms with E-state index < -0.39 is 0 Å². The SMILES string of the molecule is Cc1c(Cl)cccc1NC(=S)N/N=C/c1ccc(C(C)(C)C)cc1. The van der Waals surface area contributed by atoms with Crippen LogP contribution in [0.5, 0.6) is 0 Å². The summed E-state index contributed by atoms with van der Waals surface area (Å²) >= 11 is 11.3. The molecule has 0 aliphatic carbocycles. The molecule has 24 heavy (non-hydrogen) atoms. The number of hydrogen-bond acceptors (Lipinski definition) is 2. The molecular weight excluding hydrogens is 338 g/mol. The molecule has 0 aliphatic rings. The van der Waals surface area contributed by atoms with Crippen molar-refractivity contribution in [3.63, 3.8) is 0 Å². The number of rotatable bonds is 3. The molecule has 2 aromatic carbocycles. The monoisotopic (exact) mass is 359 g/mol. The molecule has 0 aliphatic heterocycles. The predicted molar refractivity (Wildman–Crippen MR) is 108 cm³/mol. The van der Waals surface area contributed by atoms with Crippen LogP contribution in [0.25, 0.3) is 0 Å². The van der Waals surface area contributed by atoms with Crippen LogP contribution < -0.4 is 10.7 Å². The molecule has 0 unspecified atom stereocenters. The Labute approximate surface area is 154 Å². The number of nitrogens with one attached hydrogen (secondary N) is 2. The first-order valence-electron chi connectivity index (χ1n) is 7.73. The van der Waals surface area contributed by atoms with Crippen LogP contribution in [0.15, 0.2) is 47.6 Å². The molecule has 0 saturated heterocycles. The Hall–Kier alpha value is -1.91. The van der Waals surface area contributed by atoms with E-state index in [0.29, 0.717) is 10.1 Å². The fraction of sp³-hybridized carbons (Fsp3) is 0.263. The Morgan fingerprint density at radius 1 is 1.12 bits per heavy atom. The number of anilines is 1. The summed E-state index contributed by atoms with van der Waals surface area (Å²) in [5.74, 6) is 0. The first-order valence-corrected chi connectivity index (χ1v) is 8.52. The number of hydrazone groups is 1. The van der Waals surface area contributed by atoms with Crippen LogP contribution in [0.2, 0.25) is 5.02 Å². The van der Waals surface area contributed by atoms with Crippen molar-refractivity contribution in [3.8, 4) is 0 Å². The summed E-state index contributed by atoms with van der Waals surface area (Å²) in [4.78, 5) is 0. The van der Waals surface area contributed by atoms with E-state index in [1.165, 1.54) is 5.56 Å². The van der Waals surface area contributed by atoms with Crippen LogP contribution in [-0.2, 0) is 5.41 Å². The van der Waals surface area contributed by atoms with E-state index in [2.05, 4.69) is 48.7 Å². The van der Waals surface area contributed by atoms with E-state index >= 15 is 0 Å². The van der Waals surface area contributed by atoms with Crippen LogP contribution in [0.1, 0.15) is 37.5 Å². The van der Waals surface area contributed by atoms with Gasteiger partial charge in [0, 0.05) is 10.7 Å². The van der Waals surface area contributed by atoms with Gasteiger partial charge >= 0.3 is 0 Å².